The Morgan fingerprint density at radius 1 is 0.500 bits per heavy atom. The number of rotatable bonds is 51. The van der Waals surface area contributed by atoms with Crippen LogP contribution in [0.25, 0.3) is 0 Å². The maximum absolute atomic E-state index is 13.0. The summed E-state index contributed by atoms with van der Waals surface area (Å²) < 4.78 is 23.6. The van der Waals surface area contributed by atoms with Crippen LogP contribution in [0.4, 0.5) is 0 Å². The van der Waals surface area contributed by atoms with E-state index in [4.69, 9.17) is 9.05 Å². The van der Waals surface area contributed by atoms with E-state index in [9.17, 15) is 19.4 Å². The zero-order valence-electron chi connectivity index (χ0n) is 44.2. The second kappa shape index (κ2) is 48.5. The van der Waals surface area contributed by atoms with Gasteiger partial charge in [0.15, 0.2) is 0 Å². The minimum atomic E-state index is -4.36. The number of carbonyl (C=O) groups excluding carboxylic acids is 1. The third-order valence-corrected chi connectivity index (χ3v) is 13.5. The van der Waals surface area contributed by atoms with Crippen LogP contribution in [0.3, 0.4) is 0 Å². The Bertz CT molecular complexity index is 1210. The summed E-state index contributed by atoms with van der Waals surface area (Å²) in [4.78, 5) is 23.2. The van der Waals surface area contributed by atoms with E-state index in [0.717, 1.165) is 44.9 Å². The van der Waals surface area contributed by atoms with Crippen molar-refractivity contribution in [1.82, 2.24) is 5.32 Å². The molecule has 0 rings (SSSR count). The van der Waals surface area contributed by atoms with Crippen molar-refractivity contribution in [3.8, 4) is 0 Å². The van der Waals surface area contributed by atoms with Crippen molar-refractivity contribution in [1.29, 1.82) is 0 Å². The van der Waals surface area contributed by atoms with Crippen molar-refractivity contribution in [2.75, 3.05) is 40.9 Å². The van der Waals surface area contributed by atoms with Gasteiger partial charge in [-0.1, -0.05) is 229 Å². The molecule has 0 spiro atoms. The van der Waals surface area contributed by atoms with Crippen LogP contribution in [0.1, 0.15) is 258 Å². The number of nitrogens with zero attached hydrogens (tertiary/aromatic N) is 1. The van der Waals surface area contributed by atoms with Gasteiger partial charge in [-0.2, -0.15) is 0 Å². The molecule has 0 aromatic rings. The maximum atomic E-state index is 13.0. The Labute approximate surface area is 409 Å². The number of hydrogen-bond donors (Lipinski definition) is 3. The lowest BCUT2D eigenvalue weighted by molar-refractivity contribution is -0.870. The second-order valence-corrected chi connectivity index (χ2v) is 21.7. The van der Waals surface area contributed by atoms with Gasteiger partial charge in [0.25, 0.3) is 0 Å². The van der Waals surface area contributed by atoms with E-state index < -0.39 is 20.0 Å². The van der Waals surface area contributed by atoms with Crippen molar-refractivity contribution in [3.63, 3.8) is 0 Å². The molecule has 1 amide bonds. The third-order valence-electron chi connectivity index (χ3n) is 12.5. The summed E-state index contributed by atoms with van der Waals surface area (Å²) in [6, 6.07) is -0.870. The first-order chi connectivity index (χ1) is 32.0. The number of aliphatic hydroxyl groups excluding tert-OH is 1. The molecule has 3 unspecified atom stereocenters. The molecule has 0 saturated heterocycles. The topological polar surface area (TPSA) is 105 Å². The van der Waals surface area contributed by atoms with Gasteiger partial charge >= 0.3 is 7.82 Å². The number of amides is 1. The second-order valence-electron chi connectivity index (χ2n) is 20.3. The Morgan fingerprint density at radius 2 is 0.833 bits per heavy atom. The summed E-state index contributed by atoms with van der Waals surface area (Å²) >= 11 is 0. The Morgan fingerprint density at radius 3 is 1.21 bits per heavy atom. The smallest absolute Gasteiger partial charge is 0.387 e. The Kier molecular flexibility index (Phi) is 47.4. The Hall–Kier alpha value is -1.54. The van der Waals surface area contributed by atoms with E-state index in [-0.39, 0.29) is 19.1 Å². The molecule has 3 atom stereocenters. The molecule has 0 aromatic heterocycles. The average Bonchev–Trinajstić information content (AvgIpc) is 3.28. The number of allylic oxidation sites excluding steroid dienone is 7. The zero-order chi connectivity index (χ0) is 48.5. The summed E-state index contributed by atoms with van der Waals surface area (Å²) in [6.45, 7) is 4.79. The fourth-order valence-electron chi connectivity index (χ4n) is 8.07. The van der Waals surface area contributed by atoms with Crippen LogP contribution in [0, 0.1) is 0 Å². The van der Waals surface area contributed by atoms with E-state index in [2.05, 4.69) is 55.6 Å². The van der Waals surface area contributed by atoms with Crippen LogP contribution in [0.5, 0.6) is 0 Å². The van der Waals surface area contributed by atoms with Crippen LogP contribution in [0.2, 0.25) is 0 Å². The zero-order valence-corrected chi connectivity index (χ0v) is 45.1. The molecule has 0 aliphatic carbocycles. The van der Waals surface area contributed by atoms with Crippen molar-refractivity contribution >= 4 is 13.7 Å². The highest BCUT2D eigenvalue weighted by Crippen LogP contribution is 2.43. The number of hydrogen-bond acceptors (Lipinski definition) is 5. The van der Waals surface area contributed by atoms with Gasteiger partial charge in [-0.15, -0.1) is 0 Å². The van der Waals surface area contributed by atoms with Crippen LogP contribution >= 0.6 is 7.82 Å². The van der Waals surface area contributed by atoms with Gasteiger partial charge in [0.2, 0.25) is 5.91 Å². The number of likely N-dealkylation sites (N-methyl/N-ethyl adjacent to an activating group) is 1. The van der Waals surface area contributed by atoms with Crippen LogP contribution in [0.15, 0.2) is 48.6 Å². The van der Waals surface area contributed by atoms with E-state index >= 15 is 0 Å². The van der Waals surface area contributed by atoms with Gasteiger partial charge < -0.3 is 19.8 Å². The summed E-state index contributed by atoms with van der Waals surface area (Å²) in [5.41, 5.74) is 0. The number of quaternary nitrogens is 1. The molecular weight excluding hydrogens is 840 g/mol. The fourth-order valence-corrected chi connectivity index (χ4v) is 8.81. The number of unbranched alkanes of at least 4 members (excludes halogenated alkanes) is 32. The summed E-state index contributed by atoms with van der Waals surface area (Å²) in [5.74, 6) is -0.190. The van der Waals surface area contributed by atoms with Crippen molar-refractivity contribution in [2.45, 2.75) is 270 Å². The predicted molar refractivity (Wildman–Crippen MR) is 286 cm³/mol. The van der Waals surface area contributed by atoms with E-state index in [1.807, 2.05) is 27.2 Å². The summed E-state index contributed by atoms with van der Waals surface area (Å²) in [6.07, 6.45) is 63.6. The Balaban J connectivity index is 4.19. The molecule has 66 heavy (non-hydrogen) atoms. The largest absolute Gasteiger partial charge is 0.472 e. The predicted octanol–water partition coefficient (Wildman–Crippen LogP) is 16.8. The van der Waals surface area contributed by atoms with Crippen molar-refractivity contribution in [2.24, 2.45) is 0 Å². The maximum Gasteiger partial charge on any atom is 0.472 e. The summed E-state index contributed by atoms with van der Waals surface area (Å²) in [7, 11) is 1.55. The highest BCUT2D eigenvalue weighted by atomic mass is 31.2. The molecule has 0 bridgehead atoms. The molecule has 0 aliphatic heterocycles. The van der Waals surface area contributed by atoms with Gasteiger partial charge in [-0.05, 0) is 70.6 Å². The number of phosphoric ester groups is 1. The highest BCUT2D eigenvalue weighted by Gasteiger charge is 2.27. The quantitative estimate of drug-likeness (QED) is 0.0243. The first kappa shape index (κ1) is 64.5. The molecule has 0 aromatic carbocycles. The molecule has 9 heteroatoms. The molecular formula is C57H110N2O6P+. The van der Waals surface area contributed by atoms with Crippen LogP contribution < -0.4 is 5.32 Å². The molecule has 0 saturated carbocycles. The monoisotopic (exact) mass is 950 g/mol. The van der Waals surface area contributed by atoms with Gasteiger partial charge in [0.1, 0.15) is 13.2 Å². The van der Waals surface area contributed by atoms with Crippen molar-refractivity contribution in [3.05, 3.63) is 48.6 Å². The molecule has 3 N–H and O–H groups in total. The lowest BCUT2D eigenvalue weighted by atomic mass is 10.0. The minimum absolute atomic E-state index is 0.0532. The first-order valence-corrected chi connectivity index (χ1v) is 29.5. The van der Waals surface area contributed by atoms with E-state index in [0.29, 0.717) is 17.4 Å². The van der Waals surface area contributed by atoms with E-state index in [1.54, 1.807) is 6.08 Å². The number of aliphatic hydroxyl groups is 1. The van der Waals surface area contributed by atoms with Gasteiger partial charge in [-0.3, -0.25) is 13.8 Å². The third kappa shape index (κ3) is 50.3. The highest BCUT2D eigenvalue weighted by molar-refractivity contribution is 7.47. The van der Waals surface area contributed by atoms with Gasteiger partial charge in [0, 0.05) is 6.42 Å². The molecule has 0 fully saturated rings. The average molecular weight is 950 g/mol. The summed E-state index contributed by atoms with van der Waals surface area (Å²) in [5, 5.41) is 13.9. The number of carbonyl (C=O) groups is 1. The lowest BCUT2D eigenvalue weighted by Gasteiger charge is -2.25. The fraction of sp³-hybridized carbons (Fsp3) is 0.842. The van der Waals surface area contributed by atoms with Crippen molar-refractivity contribution < 1.29 is 32.9 Å². The lowest BCUT2D eigenvalue weighted by Crippen LogP contribution is -2.45. The molecule has 0 aliphatic rings. The normalized spacial score (nSPS) is 14.3. The van der Waals surface area contributed by atoms with E-state index in [1.165, 1.54) is 193 Å². The van der Waals surface area contributed by atoms with Gasteiger partial charge in [-0.25, -0.2) is 4.57 Å². The molecule has 8 nitrogen and oxygen atoms in total. The van der Waals surface area contributed by atoms with Gasteiger partial charge in [0.05, 0.1) is 39.9 Å². The molecule has 388 valence electrons. The molecule has 0 radical (unpaired) electrons. The number of nitrogens with one attached hydrogen (secondary N) is 1. The SMILES string of the molecule is CCCCCCCC/C=C/CC/C=C/CC/C=C/C(O)C(COP(=O)(O)OCC[N+](C)(C)C)NC(=O)CCCCCCCCCCCCCC/C=C\CCCCCCCCCCCCCC. The molecule has 0 heterocycles. The standard InChI is InChI=1S/C57H109N2O6P/c1-6-8-10-12-14-16-18-20-22-24-25-26-27-28-29-30-31-32-33-34-35-37-39-41-43-45-47-49-51-57(61)58-55(54-65-66(62,63)64-53-52-59(3,4)5)56(60)50-48-46-44-42-40-38-36-23-21-19-17-15-13-11-9-7-2/h21,23,28-29,40,42,48,50,55-56,60H,6-20,22,24-27,30-39,41,43-47,49,51-54H2,1-5H3,(H-,58,61,62,63)/p+1/b23-21+,29-28-,42-40+,50-48+. The number of phosphoric acid groups is 1. The van der Waals surface area contributed by atoms with Crippen LogP contribution in [-0.4, -0.2) is 73.4 Å². The minimum Gasteiger partial charge on any atom is -0.387 e. The first-order valence-electron chi connectivity index (χ1n) is 28.0. The van der Waals surface area contributed by atoms with Crippen LogP contribution in [-0.2, 0) is 18.4 Å².